The number of benzene rings is 2. The summed E-state index contributed by atoms with van der Waals surface area (Å²) < 4.78 is 26.6. The fourth-order valence-corrected chi connectivity index (χ4v) is 6.91. The molecule has 236 valence electrons. The summed E-state index contributed by atoms with van der Waals surface area (Å²) in [7, 11) is -3.50. The Morgan fingerprint density at radius 2 is 1.57 bits per heavy atom. The van der Waals surface area contributed by atoms with E-state index in [-0.39, 0.29) is 31.6 Å². The van der Waals surface area contributed by atoms with E-state index in [2.05, 4.69) is 10.6 Å². The summed E-state index contributed by atoms with van der Waals surface area (Å²) >= 11 is 0. The van der Waals surface area contributed by atoms with E-state index in [1.807, 2.05) is 30.3 Å². The molecule has 1 spiro atoms. The van der Waals surface area contributed by atoms with Crippen LogP contribution >= 0.6 is 0 Å². The van der Waals surface area contributed by atoms with Gasteiger partial charge >= 0.3 is 0 Å². The molecule has 4 rings (SSSR count). The summed E-state index contributed by atoms with van der Waals surface area (Å²) in [6.45, 7) is 5.27. The molecule has 1 fully saturated rings. The molecule has 0 bridgehead atoms. The first-order chi connectivity index (χ1) is 20.7. The Bertz CT molecular complexity index is 1550. The number of anilines is 1. The van der Waals surface area contributed by atoms with Crippen LogP contribution in [-0.4, -0.2) is 80.1 Å². The van der Waals surface area contributed by atoms with E-state index in [1.54, 1.807) is 29.2 Å². The quantitative estimate of drug-likeness (QED) is 0.363. The summed E-state index contributed by atoms with van der Waals surface area (Å²) in [6, 6.07) is 15.3. The number of carbonyl (C=O) groups is 5. The number of nitrogens with zero attached hydrogens (tertiary/aromatic N) is 2. The lowest BCUT2D eigenvalue weighted by molar-refractivity contribution is -0.143. The van der Waals surface area contributed by atoms with Crippen LogP contribution in [-0.2, 0) is 45.8 Å². The van der Waals surface area contributed by atoms with Gasteiger partial charge in [-0.15, -0.1) is 0 Å². The highest BCUT2D eigenvalue weighted by atomic mass is 32.2. The van der Waals surface area contributed by atoms with Crippen LogP contribution in [0.15, 0.2) is 54.6 Å². The number of sulfonamides is 1. The van der Waals surface area contributed by atoms with E-state index in [0.717, 1.165) is 11.1 Å². The van der Waals surface area contributed by atoms with E-state index in [4.69, 9.17) is 0 Å². The van der Waals surface area contributed by atoms with Gasteiger partial charge in [0.15, 0.2) is 0 Å². The van der Waals surface area contributed by atoms with Crippen molar-refractivity contribution in [2.24, 2.45) is 0 Å². The summed E-state index contributed by atoms with van der Waals surface area (Å²) in [5.74, 6) is -2.98. The first kappa shape index (κ1) is 32.8. The highest BCUT2D eigenvalue weighted by Crippen LogP contribution is 2.47. The molecule has 0 saturated carbocycles. The average molecular weight is 625 g/mol. The number of hydrogen-bond donors (Lipinski definition) is 2. The zero-order valence-corrected chi connectivity index (χ0v) is 26.4. The van der Waals surface area contributed by atoms with Gasteiger partial charge in [0.25, 0.3) is 5.91 Å². The third kappa shape index (κ3) is 7.18. The van der Waals surface area contributed by atoms with Crippen molar-refractivity contribution in [3.8, 4) is 0 Å². The molecule has 2 aliphatic rings. The van der Waals surface area contributed by atoms with E-state index in [9.17, 15) is 32.4 Å². The number of nitrogens with one attached hydrogen (secondary N) is 2. The van der Waals surface area contributed by atoms with E-state index >= 15 is 0 Å². The van der Waals surface area contributed by atoms with Gasteiger partial charge in [-0.05, 0) is 43.9 Å². The predicted octanol–water partition coefficient (Wildman–Crippen LogP) is 1.89. The minimum absolute atomic E-state index is 0.0263. The standard InChI is InChI=1S/C32H40N4O7S/c1-5-27(38)28(39)34-31(2,3)30(41)33-25(20-23(37)19-22-11-7-6-8-12-22)29(40)35-17-15-32(16-18-35)21-36(44(4,42)43)26-14-10-9-13-24(26)32/h6-14,25H,5,15-21H2,1-4H3,(H,33,41)(H,34,39)/t25-/m1/s1. The summed E-state index contributed by atoms with van der Waals surface area (Å²) in [6.07, 6.45) is 1.98. The van der Waals surface area contributed by atoms with Gasteiger partial charge in [-0.25, -0.2) is 8.42 Å². The van der Waals surface area contributed by atoms with Gasteiger partial charge in [-0.3, -0.25) is 28.3 Å². The Kier molecular flexibility index (Phi) is 9.62. The van der Waals surface area contributed by atoms with Crippen LogP contribution in [0, 0.1) is 0 Å². The topological polar surface area (TPSA) is 150 Å². The van der Waals surface area contributed by atoms with Gasteiger partial charge in [0.05, 0.1) is 11.9 Å². The van der Waals surface area contributed by atoms with Crippen molar-refractivity contribution < 1.29 is 32.4 Å². The van der Waals surface area contributed by atoms with Crippen LogP contribution in [0.3, 0.4) is 0 Å². The maximum Gasteiger partial charge on any atom is 0.288 e. The molecule has 2 heterocycles. The third-order valence-electron chi connectivity index (χ3n) is 8.47. The second-order valence-electron chi connectivity index (χ2n) is 12.2. The number of amides is 3. The molecule has 1 saturated heterocycles. The van der Waals surface area contributed by atoms with E-state index < -0.39 is 50.5 Å². The molecule has 2 aromatic carbocycles. The second-order valence-corrected chi connectivity index (χ2v) is 14.1. The molecule has 3 amide bonds. The first-order valence-corrected chi connectivity index (χ1v) is 16.6. The molecule has 2 aliphatic heterocycles. The number of ketones is 2. The van der Waals surface area contributed by atoms with Crippen LogP contribution in [0.1, 0.15) is 57.6 Å². The van der Waals surface area contributed by atoms with Gasteiger partial charge in [0.2, 0.25) is 27.6 Å². The molecule has 2 aromatic rings. The Labute approximate surface area is 258 Å². The summed E-state index contributed by atoms with van der Waals surface area (Å²) in [4.78, 5) is 66.0. The van der Waals surface area contributed by atoms with Crippen LogP contribution < -0.4 is 14.9 Å². The Morgan fingerprint density at radius 3 is 2.18 bits per heavy atom. The molecule has 0 unspecified atom stereocenters. The van der Waals surface area contributed by atoms with Gasteiger partial charge in [-0.2, -0.15) is 0 Å². The van der Waals surface area contributed by atoms with Crippen molar-refractivity contribution in [3.63, 3.8) is 0 Å². The predicted molar refractivity (Wildman–Crippen MR) is 165 cm³/mol. The maximum absolute atomic E-state index is 13.9. The van der Waals surface area contributed by atoms with Crippen molar-refractivity contribution >= 4 is 45.0 Å². The normalized spacial score (nSPS) is 16.6. The van der Waals surface area contributed by atoms with Crippen molar-refractivity contribution in [1.82, 2.24) is 15.5 Å². The van der Waals surface area contributed by atoms with Crippen molar-refractivity contribution in [2.75, 3.05) is 30.2 Å². The van der Waals surface area contributed by atoms with Gasteiger partial charge in [-0.1, -0.05) is 55.5 Å². The molecule has 1 atom stereocenters. The zero-order valence-electron chi connectivity index (χ0n) is 25.6. The van der Waals surface area contributed by atoms with Crippen LogP contribution in [0.4, 0.5) is 5.69 Å². The van der Waals surface area contributed by atoms with Crippen LogP contribution in [0.2, 0.25) is 0 Å². The zero-order chi connectivity index (χ0) is 32.3. The largest absolute Gasteiger partial charge is 0.342 e. The molecule has 11 nitrogen and oxygen atoms in total. The number of rotatable bonds is 11. The highest BCUT2D eigenvalue weighted by Gasteiger charge is 2.48. The maximum atomic E-state index is 13.9. The summed E-state index contributed by atoms with van der Waals surface area (Å²) in [5.41, 5.74) is 0.362. The Morgan fingerprint density at radius 1 is 0.955 bits per heavy atom. The number of hydrogen-bond acceptors (Lipinski definition) is 7. The number of likely N-dealkylation sites (tertiary alicyclic amines) is 1. The van der Waals surface area contributed by atoms with Crippen LogP contribution in [0.5, 0.6) is 0 Å². The molecule has 12 heteroatoms. The average Bonchev–Trinajstić information content (AvgIpc) is 3.31. The third-order valence-corrected chi connectivity index (χ3v) is 9.60. The number of piperidine rings is 1. The van der Waals surface area contributed by atoms with E-state index in [0.29, 0.717) is 31.6 Å². The number of carbonyl (C=O) groups excluding carboxylic acids is 5. The van der Waals surface area contributed by atoms with Crippen molar-refractivity contribution in [1.29, 1.82) is 0 Å². The molecular weight excluding hydrogens is 584 g/mol. The Hall–Kier alpha value is -4.06. The fourth-order valence-electron chi connectivity index (χ4n) is 5.92. The SMILES string of the molecule is CCC(=O)C(=O)NC(C)(C)C(=O)N[C@H](CC(=O)Cc1ccccc1)C(=O)N1CCC2(CC1)CN(S(C)(=O)=O)c1ccccc12. The first-order valence-electron chi connectivity index (χ1n) is 14.7. The minimum atomic E-state index is -3.50. The Balaban J connectivity index is 1.52. The number of para-hydroxylation sites is 1. The van der Waals surface area contributed by atoms with Gasteiger partial charge in [0, 0.05) is 44.3 Å². The molecule has 2 N–H and O–H groups in total. The molecule has 0 aliphatic carbocycles. The fraction of sp³-hybridized carbons (Fsp3) is 0.469. The summed E-state index contributed by atoms with van der Waals surface area (Å²) in [5, 5.41) is 5.09. The van der Waals surface area contributed by atoms with Gasteiger partial charge in [0.1, 0.15) is 17.4 Å². The van der Waals surface area contributed by atoms with Crippen molar-refractivity contribution in [2.45, 2.75) is 69.9 Å². The minimum Gasteiger partial charge on any atom is -0.342 e. The smallest absolute Gasteiger partial charge is 0.288 e. The monoisotopic (exact) mass is 624 g/mol. The molecule has 44 heavy (non-hydrogen) atoms. The lowest BCUT2D eigenvalue weighted by Crippen LogP contribution is -2.61. The molecule has 0 radical (unpaired) electrons. The second kappa shape index (κ2) is 12.9. The molecular formula is C32H40N4O7S. The van der Waals surface area contributed by atoms with Crippen molar-refractivity contribution in [3.05, 3.63) is 65.7 Å². The highest BCUT2D eigenvalue weighted by molar-refractivity contribution is 7.92. The lowest BCUT2D eigenvalue weighted by Gasteiger charge is -2.41. The van der Waals surface area contributed by atoms with Crippen LogP contribution in [0.25, 0.3) is 0 Å². The number of Topliss-reactive ketones (excluding diaryl/α,β-unsaturated/α-hetero) is 2. The number of fused-ring (bicyclic) bond motifs is 2. The lowest BCUT2D eigenvalue weighted by atomic mass is 9.74. The van der Waals surface area contributed by atoms with Gasteiger partial charge < -0.3 is 15.5 Å². The van der Waals surface area contributed by atoms with E-state index in [1.165, 1.54) is 31.3 Å². The molecule has 0 aromatic heterocycles.